The van der Waals surface area contributed by atoms with Crippen LogP contribution in [0.2, 0.25) is 0 Å². The SMILES string of the molecule is COCCCOc1cc(CBr)cc2ccsc12. The van der Waals surface area contributed by atoms with Crippen LogP contribution in [-0.2, 0) is 10.1 Å². The Balaban J connectivity index is 2.16. The van der Waals surface area contributed by atoms with E-state index in [9.17, 15) is 0 Å². The summed E-state index contributed by atoms with van der Waals surface area (Å²) in [5, 5.41) is 4.21. The van der Waals surface area contributed by atoms with Gasteiger partial charge in [-0.1, -0.05) is 15.9 Å². The standard InChI is InChI=1S/C13H15BrO2S/c1-15-4-2-5-16-12-8-10(9-14)7-11-3-6-17-13(11)12/h3,6-8H,2,4-5,9H2,1H3. The van der Waals surface area contributed by atoms with E-state index >= 15 is 0 Å². The molecule has 0 aliphatic heterocycles. The number of fused-ring (bicyclic) bond motifs is 1. The number of methoxy groups -OCH3 is 1. The van der Waals surface area contributed by atoms with E-state index in [1.165, 1.54) is 15.6 Å². The fourth-order valence-electron chi connectivity index (χ4n) is 1.68. The number of ether oxygens (including phenoxy) is 2. The Hall–Kier alpha value is -0.580. The number of benzene rings is 1. The van der Waals surface area contributed by atoms with Gasteiger partial charge in [-0.05, 0) is 34.5 Å². The largest absolute Gasteiger partial charge is 0.492 e. The van der Waals surface area contributed by atoms with E-state index in [1.54, 1.807) is 18.4 Å². The zero-order chi connectivity index (χ0) is 12.1. The van der Waals surface area contributed by atoms with Crippen LogP contribution >= 0.6 is 27.3 Å². The van der Waals surface area contributed by atoms with E-state index in [0.29, 0.717) is 6.61 Å². The van der Waals surface area contributed by atoms with Gasteiger partial charge in [-0.2, -0.15) is 0 Å². The minimum Gasteiger partial charge on any atom is -0.492 e. The number of halogens is 1. The van der Waals surface area contributed by atoms with Crippen LogP contribution in [0.1, 0.15) is 12.0 Å². The first-order valence-electron chi connectivity index (χ1n) is 5.53. The molecular weight excluding hydrogens is 300 g/mol. The van der Waals surface area contributed by atoms with Crippen molar-refractivity contribution in [2.24, 2.45) is 0 Å². The van der Waals surface area contributed by atoms with Gasteiger partial charge in [-0.3, -0.25) is 0 Å². The third-order valence-corrected chi connectivity index (χ3v) is 4.07. The fourth-order valence-corrected chi connectivity index (χ4v) is 2.85. The van der Waals surface area contributed by atoms with Gasteiger partial charge in [0.1, 0.15) is 5.75 Å². The predicted octanol–water partition coefficient (Wildman–Crippen LogP) is 4.21. The average molecular weight is 315 g/mol. The molecule has 0 unspecified atom stereocenters. The van der Waals surface area contributed by atoms with Gasteiger partial charge in [0, 0.05) is 25.5 Å². The maximum absolute atomic E-state index is 5.83. The van der Waals surface area contributed by atoms with E-state index in [-0.39, 0.29) is 0 Å². The van der Waals surface area contributed by atoms with Gasteiger partial charge in [0.15, 0.2) is 0 Å². The van der Waals surface area contributed by atoms with Crippen molar-refractivity contribution in [3.05, 3.63) is 29.1 Å². The van der Waals surface area contributed by atoms with Crippen molar-refractivity contribution in [3.63, 3.8) is 0 Å². The molecule has 2 nitrogen and oxygen atoms in total. The van der Waals surface area contributed by atoms with Gasteiger partial charge in [0.25, 0.3) is 0 Å². The number of hydrogen-bond donors (Lipinski definition) is 0. The minimum absolute atomic E-state index is 0.701. The van der Waals surface area contributed by atoms with E-state index in [2.05, 4.69) is 39.5 Å². The van der Waals surface area contributed by atoms with Crippen LogP contribution in [0.3, 0.4) is 0 Å². The second-order valence-corrected chi connectivity index (χ2v) is 5.24. The third-order valence-electron chi connectivity index (χ3n) is 2.48. The Morgan fingerprint density at radius 1 is 1.29 bits per heavy atom. The molecule has 1 aromatic carbocycles. The van der Waals surface area contributed by atoms with E-state index < -0.39 is 0 Å². The smallest absolute Gasteiger partial charge is 0.137 e. The van der Waals surface area contributed by atoms with Crippen molar-refractivity contribution < 1.29 is 9.47 Å². The third kappa shape index (κ3) is 3.21. The second kappa shape index (κ2) is 6.38. The number of hydrogen-bond acceptors (Lipinski definition) is 3. The molecule has 0 saturated carbocycles. The molecule has 2 rings (SSSR count). The van der Waals surface area contributed by atoms with Gasteiger partial charge < -0.3 is 9.47 Å². The molecule has 4 heteroatoms. The summed E-state index contributed by atoms with van der Waals surface area (Å²) in [4.78, 5) is 0. The van der Waals surface area contributed by atoms with Crippen molar-refractivity contribution >= 4 is 37.4 Å². The lowest BCUT2D eigenvalue weighted by molar-refractivity contribution is 0.172. The Labute approximate surface area is 114 Å². The molecule has 0 aliphatic rings. The highest BCUT2D eigenvalue weighted by Gasteiger charge is 2.06. The minimum atomic E-state index is 0.701. The highest BCUT2D eigenvalue weighted by atomic mass is 79.9. The van der Waals surface area contributed by atoms with Crippen LogP contribution in [0, 0.1) is 0 Å². The first kappa shape index (κ1) is 12.9. The van der Waals surface area contributed by atoms with Gasteiger partial charge in [0.05, 0.1) is 11.3 Å². The van der Waals surface area contributed by atoms with Crippen molar-refractivity contribution in [2.75, 3.05) is 20.3 Å². The van der Waals surface area contributed by atoms with Crippen LogP contribution in [0.25, 0.3) is 10.1 Å². The molecule has 2 aromatic rings. The maximum atomic E-state index is 5.83. The highest BCUT2D eigenvalue weighted by molar-refractivity contribution is 9.08. The first-order chi connectivity index (χ1) is 8.35. The second-order valence-electron chi connectivity index (χ2n) is 3.76. The lowest BCUT2D eigenvalue weighted by Gasteiger charge is -2.08. The van der Waals surface area contributed by atoms with Crippen LogP contribution in [0.4, 0.5) is 0 Å². The van der Waals surface area contributed by atoms with E-state index in [0.717, 1.165) is 24.1 Å². The van der Waals surface area contributed by atoms with Crippen LogP contribution in [0.5, 0.6) is 5.75 Å². The molecule has 17 heavy (non-hydrogen) atoms. The number of alkyl halides is 1. The summed E-state index contributed by atoms with van der Waals surface area (Å²) in [5.41, 5.74) is 1.25. The van der Waals surface area contributed by atoms with Crippen molar-refractivity contribution in [1.82, 2.24) is 0 Å². The summed E-state index contributed by atoms with van der Waals surface area (Å²) in [6.45, 7) is 1.44. The Morgan fingerprint density at radius 2 is 2.18 bits per heavy atom. The van der Waals surface area contributed by atoms with Crippen molar-refractivity contribution in [1.29, 1.82) is 0 Å². The van der Waals surface area contributed by atoms with E-state index in [1.807, 2.05) is 0 Å². The normalized spacial score (nSPS) is 10.9. The molecule has 1 aromatic heterocycles. The van der Waals surface area contributed by atoms with Gasteiger partial charge in [-0.15, -0.1) is 11.3 Å². The molecule has 0 radical (unpaired) electrons. The Morgan fingerprint density at radius 3 is 2.94 bits per heavy atom. The molecule has 0 atom stereocenters. The monoisotopic (exact) mass is 314 g/mol. The highest BCUT2D eigenvalue weighted by Crippen LogP contribution is 2.33. The quantitative estimate of drug-likeness (QED) is 0.587. The van der Waals surface area contributed by atoms with Crippen LogP contribution in [0.15, 0.2) is 23.6 Å². The molecular formula is C13H15BrO2S. The van der Waals surface area contributed by atoms with Crippen LogP contribution in [-0.4, -0.2) is 20.3 Å². The Bertz CT molecular complexity index is 481. The molecule has 92 valence electrons. The lowest BCUT2D eigenvalue weighted by Crippen LogP contribution is -2.01. The summed E-state index contributed by atoms with van der Waals surface area (Å²) in [7, 11) is 1.71. The molecule has 0 N–H and O–H groups in total. The molecule has 0 fully saturated rings. The summed E-state index contributed by atoms with van der Waals surface area (Å²) in [6.07, 6.45) is 0.919. The molecule has 0 amide bonds. The summed E-state index contributed by atoms with van der Waals surface area (Å²) in [6, 6.07) is 6.44. The molecule has 0 saturated heterocycles. The molecule has 0 aliphatic carbocycles. The fraction of sp³-hybridized carbons (Fsp3) is 0.385. The summed E-state index contributed by atoms with van der Waals surface area (Å²) < 4.78 is 12.1. The van der Waals surface area contributed by atoms with Gasteiger partial charge in [0.2, 0.25) is 0 Å². The summed E-state index contributed by atoms with van der Waals surface area (Å²) >= 11 is 5.21. The molecule has 0 spiro atoms. The number of rotatable bonds is 6. The maximum Gasteiger partial charge on any atom is 0.137 e. The van der Waals surface area contributed by atoms with Crippen LogP contribution < -0.4 is 4.74 Å². The van der Waals surface area contributed by atoms with Crippen molar-refractivity contribution in [2.45, 2.75) is 11.8 Å². The lowest BCUT2D eigenvalue weighted by atomic mass is 10.2. The predicted molar refractivity (Wildman–Crippen MR) is 76.4 cm³/mol. The zero-order valence-electron chi connectivity index (χ0n) is 9.74. The van der Waals surface area contributed by atoms with Gasteiger partial charge in [-0.25, -0.2) is 0 Å². The molecule has 1 heterocycles. The van der Waals surface area contributed by atoms with Crippen molar-refractivity contribution in [3.8, 4) is 5.75 Å². The summed E-state index contributed by atoms with van der Waals surface area (Å²) in [5.74, 6) is 0.989. The zero-order valence-corrected chi connectivity index (χ0v) is 12.1. The number of thiophene rings is 1. The first-order valence-corrected chi connectivity index (χ1v) is 7.53. The average Bonchev–Trinajstić information content (AvgIpc) is 2.82. The van der Waals surface area contributed by atoms with Gasteiger partial charge >= 0.3 is 0 Å². The topological polar surface area (TPSA) is 18.5 Å². The Kier molecular flexibility index (Phi) is 4.83. The van der Waals surface area contributed by atoms with E-state index in [4.69, 9.17) is 9.47 Å². The molecule has 0 bridgehead atoms.